The van der Waals surface area contributed by atoms with Crippen molar-refractivity contribution in [2.45, 2.75) is 51.6 Å². The molecule has 5 heteroatoms. The number of benzene rings is 3. The third kappa shape index (κ3) is 4.25. The molecule has 37 heavy (non-hydrogen) atoms. The molecule has 2 heterocycles. The Morgan fingerprint density at radius 2 is 1.78 bits per heavy atom. The first-order chi connectivity index (χ1) is 18.0. The minimum absolute atomic E-state index is 0.0174. The molecule has 5 nitrogen and oxygen atoms in total. The van der Waals surface area contributed by atoms with Gasteiger partial charge in [0.05, 0.1) is 22.6 Å². The van der Waals surface area contributed by atoms with Gasteiger partial charge in [0, 0.05) is 10.9 Å². The van der Waals surface area contributed by atoms with Crippen molar-refractivity contribution in [2.24, 2.45) is 0 Å². The van der Waals surface area contributed by atoms with Crippen LogP contribution in [0.4, 0.5) is 0 Å². The average molecular weight is 492 g/mol. The highest BCUT2D eigenvalue weighted by molar-refractivity contribution is 6.07. The number of furan rings is 1. The monoisotopic (exact) mass is 491 g/mol. The Morgan fingerprint density at radius 1 is 1.00 bits per heavy atom. The summed E-state index contributed by atoms with van der Waals surface area (Å²) in [5.74, 6) is 0.603. The van der Waals surface area contributed by atoms with Crippen molar-refractivity contribution in [1.29, 1.82) is 0 Å². The van der Waals surface area contributed by atoms with Crippen LogP contribution in [0.3, 0.4) is 0 Å². The topological polar surface area (TPSA) is 72.6 Å². The van der Waals surface area contributed by atoms with Crippen molar-refractivity contribution in [3.63, 3.8) is 0 Å². The molecule has 1 aliphatic rings. The quantitative estimate of drug-likeness (QED) is 0.269. The molecule has 0 amide bonds. The molecule has 1 N–H and O–H groups in total. The van der Waals surface area contributed by atoms with Gasteiger partial charge in [0.1, 0.15) is 17.0 Å². The summed E-state index contributed by atoms with van der Waals surface area (Å²) >= 11 is 0. The fourth-order valence-corrected chi connectivity index (χ4v) is 5.70. The summed E-state index contributed by atoms with van der Waals surface area (Å²) in [5.41, 5.74) is 5.25. The number of carboxylic acids is 1. The largest absolute Gasteiger partial charge is 0.490 e. The van der Waals surface area contributed by atoms with Crippen LogP contribution in [-0.4, -0.2) is 22.2 Å². The second kappa shape index (κ2) is 9.40. The van der Waals surface area contributed by atoms with E-state index in [2.05, 4.69) is 24.3 Å². The summed E-state index contributed by atoms with van der Waals surface area (Å²) in [4.78, 5) is 17.5. The number of carboxylic acid groups (broad SMARTS) is 1. The molecule has 2 aromatic heterocycles. The molecule has 0 aliphatic heterocycles. The molecular weight excluding hydrogens is 462 g/mol. The molecule has 2 atom stereocenters. The third-order valence-electron chi connectivity index (χ3n) is 7.62. The Morgan fingerprint density at radius 3 is 2.57 bits per heavy atom. The predicted molar refractivity (Wildman–Crippen MR) is 145 cm³/mol. The van der Waals surface area contributed by atoms with E-state index in [-0.39, 0.29) is 11.7 Å². The van der Waals surface area contributed by atoms with Crippen molar-refractivity contribution in [3.8, 4) is 17.2 Å². The molecule has 2 unspecified atom stereocenters. The Bertz CT molecular complexity index is 1620. The zero-order valence-corrected chi connectivity index (χ0v) is 21.0. The van der Waals surface area contributed by atoms with Gasteiger partial charge in [0.15, 0.2) is 5.76 Å². The molecule has 186 valence electrons. The van der Waals surface area contributed by atoms with Gasteiger partial charge >= 0.3 is 5.97 Å². The van der Waals surface area contributed by atoms with Crippen molar-refractivity contribution >= 4 is 27.8 Å². The van der Waals surface area contributed by atoms with Crippen LogP contribution in [0, 0.1) is 13.8 Å². The van der Waals surface area contributed by atoms with E-state index in [1.807, 2.05) is 56.3 Å². The Kier molecular flexibility index (Phi) is 5.91. The number of para-hydroxylation sites is 1. The van der Waals surface area contributed by atoms with Gasteiger partial charge in [0.2, 0.25) is 0 Å². The van der Waals surface area contributed by atoms with E-state index in [9.17, 15) is 9.90 Å². The van der Waals surface area contributed by atoms with Gasteiger partial charge in [0.25, 0.3) is 0 Å². The Hall–Kier alpha value is -4.12. The van der Waals surface area contributed by atoms with Gasteiger partial charge in [-0.25, -0.2) is 9.78 Å². The van der Waals surface area contributed by atoms with E-state index < -0.39 is 5.97 Å². The van der Waals surface area contributed by atoms with Crippen molar-refractivity contribution in [3.05, 3.63) is 95.1 Å². The van der Waals surface area contributed by atoms with Crippen LogP contribution in [0.5, 0.6) is 5.75 Å². The number of aromatic carboxylic acids is 1. The van der Waals surface area contributed by atoms with Crippen LogP contribution in [0.1, 0.15) is 58.6 Å². The van der Waals surface area contributed by atoms with Crippen molar-refractivity contribution in [1.82, 2.24) is 4.98 Å². The third-order valence-corrected chi connectivity index (χ3v) is 7.62. The number of aryl methyl sites for hydroxylation is 2. The summed E-state index contributed by atoms with van der Waals surface area (Å²) in [6.07, 6.45) is 4.09. The van der Waals surface area contributed by atoms with Crippen LogP contribution >= 0.6 is 0 Å². The maximum absolute atomic E-state index is 12.5. The fraction of sp³-hybridized carbons (Fsp3) is 0.250. The molecule has 1 aliphatic carbocycles. The Labute approximate surface area is 215 Å². The number of aromatic nitrogens is 1. The number of hydrogen-bond acceptors (Lipinski definition) is 4. The van der Waals surface area contributed by atoms with Gasteiger partial charge in [-0.3, -0.25) is 0 Å². The van der Waals surface area contributed by atoms with Crippen LogP contribution in [0.2, 0.25) is 0 Å². The van der Waals surface area contributed by atoms with Gasteiger partial charge in [-0.05, 0) is 74.8 Å². The van der Waals surface area contributed by atoms with Crippen LogP contribution in [0.25, 0.3) is 33.3 Å². The molecule has 3 aromatic carbocycles. The lowest BCUT2D eigenvalue weighted by Gasteiger charge is -2.30. The predicted octanol–water partition coefficient (Wildman–Crippen LogP) is 8.07. The minimum atomic E-state index is -1.01. The maximum Gasteiger partial charge on any atom is 0.336 e. The SMILES string of the molecule is Cc1c(-c2cc(C(=O)O)c3c(OC4CCCC(c5ccccc5)C4)ccc(C)c3n2)oc2ccccc12. The Balaban J connectivity index is 1.42. The van der Waals surface area contributed by atoms with Gasteiger partial charge in [-0.2, -0.15) is 0 Å². The van der Waals surface area contributed by atoms with E-state index in [1.165, 1.54) is 5.56 Å². The first-order valence-corrected chi connectivity index (χ1v) is 12.9. The van der Waals surface area contributed by atoms with Crippen LogP contribution in [-0.2, 0) is 0 Å². The van der Waals surface area contributed by atoms with Crippen molar-refractivity contribution in [2.75, 3.05) is 0 Å². The van der Waals surface area contributed by atoms with Crippen LogP contribution in [0.15, 0.2) is 77.2 Å². The summed E-state index contributed by atoms with van der Waals surface area (Å²) in [6.45, 7) is 3.93. The highest BCUT2D eigenvalue weighted by Gasteiger charge is 2.27. The highest BCUT2D eigenvalue weighted by atomic mass is 16.5. The summed E-state index contributed by atoms with van der Waals surface area (Å²) in [6, 6.07) is 23.8. The molecule has 0 saturated heterocycles. The highest BCUT2D eigenvalue weighted by Crippen LogP contribution is 2.40. The minimum Gasteiger partial charge on any atom is -0.490 e. The molecule has 5 aromatic rings. The number of ether oxygens (including phenoxy) is 1. The lowest BCUT2D eigenvalue weighted by Crippen LogP contribution is -2.24. The zero-order valence-electron chi connectivity index (χ0n) is 21.0. The van der Waals surface area contributed by atoms with Crippen LogP contribution < -0.4 is 4.74 Å². The first kappa shape index (κ1) is 23.3. The molecule has 1 saturated carbocycles. The first-order valence-electron chi connectivity index (χ1n) is 12.9. The molecule has 1 fully saturated rings. The number of pyridine rings is 1. The summed E-state index contributed by atoms with van der Waals surface area (Å²) in [7, 11) is 0. The molecule has 0 bridgehead atoms. The number of nitrogens with zero attached hydrogens (tertiary/aromatic N) is 1. The molecule has 0 radical (unpaired) electrons. The molecular formula is C32H29NO4. The number of carbonyl (C=O) groups is 1. The van der Waals surface area contributed by atoms with Crippen molar-refractivity contribution < 1.29 is 19.1 Å². The lowest BCUT2D eigenvalue weighted by molar-refractivity contribution is 0.0698. The fourth-order valence-electron chi connectivity index (χ4n) is 5.70. The second-order valence-electron chi connectivity index (χ2n) is 10.0. The average Bonchev–Trinajstić information content (AvgIpc) is 3.27. The normalized spacial score (nSPS) is 17.8. The van der Waals surface area contributed by atoms with Gasteiger partial charge in [-0.1, -0.05) is 54.6 Å². The van der Waals surface area contributed by atoms with Gasteiger partial charge in [-0.15, -0.1) is 0 Å². The lowest BCUT2D eigenvalue weighted by atomic mass is 9.82. The number of hydrogen-bond donors (Lipinski definition) is 1. The van der Waals surface area contributed by atoms with E-state index in [0.29, 0.717) is 34.0 Å². The van der Waals surface area contributed by atoms with E-state index >= 15 is 0 Å². The summed E-state index contributed by atoms with van der Waals surface area (Å²) < 4.78 is 12.7. The van der Waals surface area contributed by atoms with Gasteiger partial charge < -0.3 is 14.3 Å². The zero-order chi connectivity index (χ0) is 25.5. The molecule has 0 spiro atoms. The van der Waals surface area contributed by atoms with E-state index in [4.69, 9.17) is 14.1 Å². The second-order valence-corrected chi connectivity index (χ2v) is 10.0. The van der Waals surface area contributed by atoms with E-state index in [1.54, 1.807) is 6.07 Å². The van der Waals surface area contributed by atoms with E-state index in [0.717, 1.165) is 47.8 Å². The standard InChI is InChI=1S/C32H29NO4/c1-19-15-16-28(36-23-12-8-11-22(17-23)21-9-4-3-5-10-21)29-25(32(34)35)18-26(33-30(19)29)31-20(2)24-13-6-7-14-27(24)37-31/h3-7,9-10,13-16,18,22-23H,8,11-12,17H2,1-2H3,(H,34,35). The summed E-state index contributed by atoms with van der Waals surface area (Å²) in [5, 5.41) is 11.8. The number of rotatable bonds is 5. The smallest absolute Gasteiger partial charge is 0.336 e. The number of fused-ring (bicyclic) bond motifs is 2. The maximum atomic E-state index is 12.5. The molecule has 6 rings (SSSR count).